The van der Waals surface area contributed by atoms with E-state index in [1.54, 1.807) is 0 Å². The Kier molecular flexibility index (Phi) is 5.40. The normalized spacial score (nSPS) is 11.0. The van der Waals surface area contributed by atoms with E-state index in [9.17, 15) is 17.6 Å². The zero-order chi connectivity index (χ0) is 17.7. The fraction of sp³-hybridized carbons (Fsp3) is 0.188. The zero-order valence-corrected chi connectivity index (χ0v) is 14.0. The molecule has 128 valence electrons. The number of carbonyl (C=O) groups excluding carboxylic acids is 1. The number of nitrogens with zero attached hydrogens (tertiary/aromatic N) is 1. The molecule has 0 aromatic heterocycles. The molecule has 0 radical (unpaired) electrons. The average molecular weight is 352 g/mol. The van der Waals surface area contributed by atoms with Crippen LogP contribution < -0.4 is 14.4 Å². The number of nitrogens with one attached hydrogen (secondary N) is 1. The second-order valence-corrected chi connectivity index (χ2v) is 6.70. The lowest BCUT2D eigenvalue weighted by Gasteiger charge is -2.23. The Morgan fingerprint density at radius 2 is 1.88 bits per heavy atom. The molecule has 1 N–H and O–H groups in total. The van der Waals surface area contributed by atoms with Crippen LogP contribution in [0.2, 0.25) is 0 Å². The lowest BCUT2D eigenvalue weighted by atomic mass is 10.3. The van der Waals surface area contributed by atoms with Crippen molar-refractivity contribution in [3.8, 4) is 5.75 Å². The van der Waals surface area contributed by atoms with E-state index >= 15 is 0 Å². The van der Waals surface area contributed by atoms with E-state index in [4.69, 9.17) is 4.74 Å². The minimum Gasteiger partial charge on any atom is -0.497 e. The van der Waals surface area contributed by atoms with Crippen molar-refractivity contribution in [2.75, 3.05) is 25.0 Å². The summed E-state index contributed by atoms with van der Waals surface area (Å²) >= 11 is 0. The van der Waals surface area contributed by atoms with Crippen LogP contribution in [0.5, 0.6) is 5.75 Å². The number of sulfonamides is 1. The molecule has 2 aromatic rings. The molecular weight excluding hydrogens is 335 g/mol. The lowest BCUT2D eigenvalue weighted by Crippen LogP contribution is -2.39. The Balaban J connectivity index is 2.49. The van der Waals surface area contributed by atoms with Crippen LogP contribution in [0.25, 0.3) is 0 Å². The number of hydrogen-bond donors (Lipinski definition) is 1. The number of likely N-dealkylation sites (N-methyl/N-ethyl adjacent to an activating group) is 1. The number of methoxy groups -OCH3 is 1. The number of anilines is 1. The molecule has 0 fully saturated rings. The number of rotatable bonds is 6. The van der Waals surface area contributed by atoms with Gasteiger partial charge < -0.3 is 10.1 Å². The first-order chi connectivity index (χ1) is 11.4. The summed E-state index contributed by atoms with van der Waals surface area (Å²) in [6, 6.07) is 10.8. The van der Waals surface area contributed by atoms with Crippen LogP contribution in [0.15, 0.2) is 53.4 Å². The number of benzene rings is 2. The number of halogens is 1. The molecule has 0 heterocycles. The van der Waals surface area contributed by atoms with Crippen molar-refractivity contribution in [2.45, 2.75) is 4.90 Å². The van der Waals surface area contributed by atoms with Gasteiger partial charge in [0.2, 0.25) is 5.91 Å². The maximum atomic E-state index is 13.5. The molecule has 1 amide bonds. The van der Waals surface area contributed by atoms with Crippen LogP contribution in [0, 0.1) is 5.82 Å². The van der Waals surface area contributed by atoms with E-state index in [-0.39, 0.29) is 10.6 Å². The van der Waals surface area contributed by atoms with Crippen LogP contribution in [-0.4, -0.2) is 35.0 Å². The monoisotopic (exact) mass is 352 g/mol. The molecule has 0 saturated heterocycles. The summed E-state index contributed by atoms with van der Waals surface area (Å²) in [4.78, 5) is 11.7. The molecule has 0 aliphatic rings. The molecule has 0 saturated carbocycles. The molecular formula is C16H17FN2O4S. The van der Waals surface area contributed by atoms with Crippen LogP contribution in [0.1, 0.15) is 0 Å². The van der Waals surface area contributed by atoms with Crippen molar-refractivity contribution in [3.05, 3.63) is 54.3 Å². The number of amides is 1. The Labute approximate surface area is 139 Å². The largest absolute Gasteiger partial charge is 0.497 e. The highest BCUT2D eigenvalue weighted by atomic mass is 32.2. The summed E-state index contributed by atoms with van der Waals surface area (Å²) in [7, 11) is -1.19. The average Bonchev–Trinajstić information content (AvgIpc) is 2.59. The fourth-order valence-corrected chi connectivity index (χ4v) is 3.44. The third kappa shape index (κ3) is 3.83. The van der Waals surface area contributed by atoms with Crippen molar-refractivity contribution < 1.29 is 22.3 Å². The molecule has 0 aliphatic heterocycles. The van der Waals surface area contributed by atoms with Gasteiger partial charge in [0.1, 0.15) is 18.1 Å². The van der Waals surface area contributed by atoms with E-state index in [1.807, 2.05) is 0 Å². The molecule has 0 aliphatic carbocycles. The van der Waals surface area contributed by atoms with E-state index in [2.05, 4.69) is 5.32 Å². The van der Waals surface area contributed by atoms with Gasteiger partial charge in [0.15, 0.2) is 0 Å². The van der Waals surface area contributed by atoms with E-state index in [0.717, 1.165) is 10.4 Å². The summed E-state index contributed by atoms with van der Waals surface area (Å²) in [6.45, 7) is -0.464. The first-order valence-electron chi connectivity index (χ1n) is 7.01. The van der Waals surface area contributed by atoms with Gasteiger partial charge in [-0.2, -0.15) is 0 Å². The summed E-state index contributed by atoms with van der Waals surface area (Å²) in [5.41, 5.74) is 0.0643. The predicted molar refractivity (Wildman–Crippen MR) is 88.0 cm³/mol. The first-order valence-corrected chi connectivity index (χ1v) is 8.45. The van der Waals surface area contributed by atoms with Gasteiger partial charge in [-0.3, -0.25) is 9.10 Å². The van der Waals surface area contributed by atoms with E-state index in [0.29, 0.717) is 5.75 Å². The SMILES string of the molecule is CNC(=O)CN(c1cccc(F)c1)S(=O)(=O)c1ccc(OC)cc1. The highest BCUT2D eigenvalue weighted by Crippen LogP contribution is 2.25. The smallest absolute Gasteiger partial charge is 0.264 e. The number of ether oxygens (including phenoxy) is 1. The number of hydrogen-bond acceptors (Lipinski definition) is 4. The third-order valence-electron chi connectivity index (χ3n) is 3.31. The van der Waals surface area contributed by atoms with Crippen LogP contribution in [-0.2, 0) is 14.8 Å². The van der Waals surface area contributed by atoms with Gasteiger partial charge in [-0.05, 0) is 42.5 Å². The first kappa shape index (κ1) is 17.7. The van der Waals surface area contributed by atoms with Gasteiger partial charge in [-0.25, -0.2) is 12.8 Å². The minimum atomic E-state index is -4.05. The predicted octanol–water partition coefficient (Wildman–Crippen LogP) is 1.78. The molecule has 2 rings (SSSR count). The molecule has 0 spiro atoms. The Morgan fingerprint density at radius 3 is 2.42 bits per heavy atom. The summed E-state index contributed by atoms with van der Waals surface area (Å²) < 4.78 is 45.1. The van der Waals surface area contributed by atoms with Crippen molar-refractivity contribution in [2.24, 2.45) is 0 Å². The molecule has 2 aromatic carbocycles. The molecule has 6 nitrogen and oxygen atoms in total. The zero-order valence-electron chi connectivity index (χ0n) is 13.2. The van der Waals surface area contributed by atoms with Gasteiger partial charge >= 0.3 is 0 Å². The van der Waals surface area contributed by atoms with Crippen molar-refractivity contribution in [1.82, 2.24) is 5.32 Å². The Morgan fingerprint density at radius 1 is 1.21 bits per heavy atom. The Bertz CT molecular complexity index is 822. The van der Waals surface area contributed by atoms with Gasteiger partial charge in [0.05, 0.1) is 17.7 Å². The fourth-order valence-electron chi connectivity index (χ4n) is 2.03. The quantitative estimate of drug-likeness (QED) is 0.860. The van der Waals surface area contributed by atoms with Crippen LogP contribution >= 0.6 is 0 Å². The summed E-state index contributed by atoms with van der Waals surface area (Å²) in [6.07, 6.45) is 0. The molecule has 0 unspecified atom stereocenters. The van der Waals surface area contributed by atoms with E-state index in [1.165, 1.54) is 56.6 Å². The summed E-state index contributed by atoms with van der Waals surface area (Å²) in [5.74, 6) is -0.617. The highest BCUT2D eigenvalue weighted by Gasteiger charge is 2.27. The standard InChI is InChI=1S/C16H17FN2O4S/c1-18-16(20)11-19(13-5-3-4-12(17)10-13)24(21,22)15-8-6-14(23-2)7-9-15/h3-10H,11H2,1-2H3,(H,18,20). The molecule has 0 bridgehead atoms. The van der Waals surface area contributed by atoms with Crippen molar-refractivity contribution >= 4 is 21.6 Å². The highest BCUT2D eigenvalue weighted by molar-refractivity contribution is 7.92. The van der Waals surface area contributed by atoms with Crippen LogP contribution in [0.3, 0.4) is 0 Å². The van der Waals surface area contributed by atoms with Gasteiger partial charge in [-0.1, -0.05) is 6.07 Å². The van der Waals surface area contributed by atoms with E-state index < -0.39 is 28.3 Å². The maximum Gasteiger partial charge on any atom is 0.264 e. The number of carbonyl (C=O) groups is 1. The summed E-state index contributed by atoms with van der Waals surface area (Å²) in [5, 5.41) is 2.36. The topological polar surface area (TPSA) is 75.7 Å². The minimum absolute atomic E-state index is 0.0311. The van der Waals surface area contributed by atoms with Crippen molar-refractivity contribution in [1.29, 1.82) is 0 Å². The Hall–Kier alpha value is -2.61. The maximum absolute atomic E-state index is 13.5. The molecule has 8 heteroatoms. The van der Waals surface area contributed by atoms with Gasteiger partial charge in [0, 0.05) is 7.05 Å². The molecule has 0 atom stereocenters. The van der Waals surface area contributed by atoms with Crippen LogP contribution in [0.4, 0.5) is 10.1 Å². The molecule has 24 heavy (non-hydrogen) atoms. The van der Waals surface area contributed by atoms with Crippen molar-refractivity contribution in [3.63, 3.8) is 0 Å². The lowest BCUT2D eigenvalue weighted by molar-refractivity contribution is -0.119. The second kappa shape index (κ2) is 7.31. The van der Waals surface area contributed by atoms with Gasteiger partial charge in [0.25, 0.3) is 10.0 Å². The second-order valence-electron chi connectivity index (χ2n) is 4.84. The van der Waals surface area contributed by atoms with Gasteiger partial charge in [-0.15, -0.1) is 0 Å². The third-order valence-corrected chi connectivity index (χ3v) is 5.10.